The van der Waals surface area contributed by atoms with Gasteiger partial charge < -0.3 is 4.74 Å². The van der Waals surface area contributed by atoms with Crippen LogP contribution in [0.25, 0.3) is 0 Å². The minimum Gasteiger partial charge on any atom is -0.496 e. The predicted octanol–water partition coefficient (Wildman–Crippen LogP) is 3.14. The number of Topliss-reactive ketones (excluding diaryl/α,β-unsaturated/α-hetero) is 1. The van der Waals surface area contributed by atoms with Crippen LogP contribution < -0.4 is 4.74 Å². The van der Waals surface area contributed by atoms with Crippen LogP contribution in [-0.2, 0) is 16.6 Å². The number of carbonyl (C=O) groups is 1. The summed E-state index contributed by atoms with van der Waals surface area (Å²) < 4.78 is 5.34. The summed E-state index contributed by atoms with van der Waals surface area (Å²) in [5.41, 5.74) is 1.66. The van der Waals surface area contributed by atoms with Crippen LogP contribution in [0.15, 0.2) is 12.1 Å². The second kappa shape index (κ2) is 3.77. The average Bonchev–Trinajstić information content (AvgIpc) is 2.22. The maximum Gasteiger partial charge on any atom is 0.143 e. The van der Waals surface area contributed by atoms with E-state index in [1.54, 1.807) is 13.2 Å². The fraction of sp³-hybridized carbons (Fsp3) is 0.462. The Morgan fingerprint density at radius 1 is 1.31 bits per heavy atom. The van der Waals surface area contributed by atoms with Gasteiger partial charge in [0, 0.05) is 17.0 Å². The summed E-state index contributed by atoms with van der Waals surface area (Å²) in [7, 11) is 1.61. The lowest BCUT2D eigenvalue weighted by molar-refractivity contribution is -0.124. The van der Waals surface area contributed by atoms with Crippen LogP contribution in [0.5, 0.6) is 5.75 Å². The van der Waals surface area contributed by atoms with Crippen molar-refractivity contribution >= 4 is 17.4 Å². The van der Waals surface area contributed by atoms with E-state index in [9.17, 15) is 4.79 Å². The summed E-state index contributed by atoms with van der Waals surface area (Å²) in [6.45, 7) is 3.90. The number of methoxy groups -OCH3 is 1. The van der Waals surface area contributed by atoms with E-state index in [0.717, 1.165) is 23.3 Å². The second-order valence-electron chi connectivity index (χ2n) is 4.69. The zero-order valence-corrected chi connectivity index (χ0v) is 10.5. The highest BCUT2D eigenvalue weighted by Gasteiger charge is 2.37. The summed E-state index contributed by atoms with van der Waals surface area (Å²) in [6.07, 6.45) is 1.35. The summed E-state index contributed by atoms with van der Waals surface area (Å²) in [4.78, 5) is 11.9. The van der Waals surface area contributed by atoms with Crippen LogP contribution in [0.2, 0.25) is 5.02 Å². The SMILES string of the molecule is COc1cc(Cl)cc2c1C(C)(C)C(=O)CC2. The molecule has 0 saturated heterocycles. The maximum absolute atomic E-state index is 11.9. The predicted molar refractivity (Wildman–Crippen MR) is 64.4 cm³/mol. The lowest BCUT2D eigenvalue weighted by atomic mass is 9.71. The summed E-state index contributed by atoms with van der Waals surface area (Å²) in [5.74, 6) is 0.987. The van der Waals surface area contributed by atoms with Crippen molar-refractivity contribution in [3.05, 3.63) is 28.3 Å². The number of ether oxygens (including phenoxy) is 1. The van der Waals surface area contributed by atoms with Gasteiger partial charge in [0.2, 0.25) is 0 Å². The van der Waals surface area contributed by atoms with Gasteiger partial charge in [0.15, 0.2) is 0 Å². The molecule has 86 valence electrons. The molecule has 0 amide bonds. The molecule has 0 aromatic heterocycles. The quantitative estimate of drug-likeness (QED) is 0.751. The number of benzene rings is 1. The molecular weight excluding hydrogens is 224 g/mol. The van der Waals surface area contributed by atoms with Gasteiger partial charge in [-0.1, -0.05) is 11.6 Å². The fourth-order valence-electron chi connectivity index (χ4n) is 2.40. The van der Waals surface area contributed by atoms with Gasteiger partial charge in [-0.3, -0.25) is 4.79 Å². The van der Waals surface area contributed by atoms with Crippen molar-refractivity contribution in [2.45, 2.75) is 32.1 Å². The van der Waals surface area contributed by atoms with Gasteiger partial charge in [-0.05, 0) is 38.0 Å². The zero-order valence-electron chi connectivity index (χ0n) is 9.76. The zero-order chi connectivity index (χ0) is 11.9. The molecule has 1 aromatic rings. The van der Waals surface area contributed by atoms with Gasteiger partial charge in [-0.15, -0.1) is 0 Å². The summed E-state index contributed by atoms with van der Waals surface area (Å²) in [6, 6.07) is 3.72. The molecule has 0 radical (unpaired) electrons. The highest BCUT2D eigenvalue weighted by atomic mass is 35.5. The summed E-state index contributed by atoms with van der Waals surface area (Å²) >= 11 is 6.03. The molecule has 0 N–H and O–H groups in total. The molecule has 0 saturated carbocycles. The van der Waals surface area contributed by atoms with Crippen LogP contribution >= 0.6 is 11.6 Å². The Hall–Kier alpha value is -1.02. The van der Waals surface area contributed by atoms with E-state index < -0.39 is 5.41 Å². The molecule has 0 fully saturated rings. The van der Waals surface area contributed by atoms with E-state index >= 15 is 0 Å². The molecule has 0 spiro atoms. The van der Waals surface area contributed by atoms with Crippen LogP contribution in [0, 0.1) is 0 Å². The fourth-order valence-corrected chi connectivity index (χ4v) is 2.63. The van der Waals surface area contributed by atoms with Crippen LogP contribution in [-0.4, -0.2) is 12.9 Å². The van der Waals surface area contributed by atoms with Crippen molar-refractivity contribution < 1.29 is 9.53 Å². The van der Waals surface area contributed by atoms with Gasteiger partial charge in [0.25, 0.3) is 0 Å². The van der Waals surface area contributed by atoms with Crippen molar-refractivity contribution in [1.82, 2.24) is 0 Å². The largest absolute Gasteiger partial charge is 0.496 e. The van der Waals surface area contributed by atoms with Crippen LogP contribution in [0.4, 0.5) is 0 Å². The average molecular weight is 239 g/mol. The molecule has 1 aliphatic carbocycles. The van der Waals surface area contributed by atoms with Gasteiger partial charge in [-0.2, -0.15) is 0 Å². The highest BCUT2D eigenvalue weighted by molar-refractivity contribution is 6.30. The maximum atomic E-state index is 11.9. The molecule has 0 atom stereocenters. The minimum absolute atomic E-state index is 0.264. The summed E-state index contributed by atoms with van der Waals surface area (Å²) in [5, 5.41) is 0.667. The first-order valence-electron chi connectivity index (χ1n) is 5.37. The Bertz CT molecular complexity index is 432. The van der Waals surface area contributed by atoms with Gasteiger partial charge >= 0.3 is 0 Å². The van der Waals surface area contributed by atoms with E-state index in [4.69, 9.17) is 16.3 Å². The Balaban J connectivity index is 2.69. The van der Waals surface area contributed by atoms with Crippen LogP contribution in [0.1, 0.15) is 31.4 Å². The number of hydrogen-bond donors (Lipinski definition) is 0. The number of rotatable bonds is 1. The third-order valence-electron chi connectivity index (χ3n) is 3.31. The van der Waals surface area contributed by atoms with E-state index in [1.165, 1.54) is 0 Å². The standard InChI is InChI=1S/C13H15ClO2/c1-13(2)11(15)5-4-8-6-9(14)7-10(16-3)12(8)13/h6-7H,4-5H2,1-3H3. The molecule has 3 heteroatoms. The number of fused-ring (bicyclic) bond motifs is 1. The van der Waals surface area contributed by atoms with E-state index in [0.29, 0.717) is 11.4 Å². The second-order valence-corrected chi connectivity index (χ2v) is 5.13. The van der Waals surface area contributed by atoms with Crippen molar-refractivity contribution in [2.24, 2.45) is 0 Å². The Labute approximate surface area is 101 Å². The first kappa shape index (κ1) is 11.5. The third kappa shape index (κ3) is 1.61. The normalized spacial score (nSPS) is 18.1. The Morgan fingerprint density at radius 3 is 2.62 bits per heavy atom. The number of halogens is 1. The lowest BCUT2D eigenvalue weighted by Gasteiger charge is -2.32. The smallest absolute Gasteiger partial charge is 0.143 e. The molecule has 2 nitrogen and oxygen atoms in total. The third-order valence-corrected chi connectivity index (χ3v) is 3.53. The van der Waals surface area contributed by atoms with Crippen molar-refractivity contribution in [2.75, 3.05) is 7.11 Å². The molecule has 0 aliphatic heterocycles. The Morgan fingerprint density at radius 2 is 2.00 bits per heavy atom. The number of hydrogen-bond acceptors (Lipinski definition) is 2. The number of ketones is 1. The Kier molecular flexibility index (Phi) is 2.70. The van der Waals surface area contributed by atoms with Crippen molar-refractivity contribution in [1.29, 1.82) is 0 Å². The molecule has 16 heavy (non-hydrogen) atoms. The van der Waals surface area contributed by atoms with Gasteiger partial charge in [0.05, 0.1) is 12.5 Å². The van der Waals surface area contributed by atoms with Gasteiger partial charge in [-0.25, -0.2) is 0 Å². The molecule has 1 aliphatic rings. The molecule has 2 rings (SSSR count). The monoisotopic (exact) mass is 238 g/mol. The first-order valence-corrected chi connectivity index (χ1v) is 5.75. The van der Waals surface area contributed by atoms with Crippen molar-refractivity contribution in [3.63, 3.8) is 0 Å². The lowest BCUT2D eigenvalue weighted by Crippen LogP contribution is -2.34. The topological polar surface area (TPSA) is 26.3 Å². The van der Waals surface area contributed by atoms with Crippen LogP contribution in [0.3, 0.4) is 0 Å². The van der Waals surface area contributed by atoms with E-state index in [2.05, 4.69) is 0 Å². The minimum atomic E-state index is -0.469. The number of aryl methyl sites for hydroxylation is 1. The van der Waals surface area contributed by atoms with E-state index in [1.807, 2.05) is 19.9 Å². The highest BCUT2D eigenvalue weighted by Crippen LogP contribution is 2.41. The molecule has 0 unspecified atom stereocenters. The molecular formula is C13H15ClO2. The molecule has 0 bridgehead atoms. The first-order chi connectivity index (χ1) is 7.46. The van der Waals surface area contributed by atoms with Gasteiger partial charge in [0.1, 0.15) is 11.5 Å². The molecule has 0 heterocycles. The van der Waals surface area contributed by atoms with E-state index in [-0.39, 0.29) is 5.78 Å². The molecule has 1 aromatic carbocycles. The number of carbonyl (C=O) groups excluding carboxylic acids is 1. The van der Waals surface area contributed by atoms with Crippen molar-refractivity contribution in [3.8, 4) is 5.75 Å².